The number of fused-ring (bicyclic) bond motifs is 1. The van der Waals surface area contributed by atoms with Gasteiger partial charge in [-0.2, -0.15) is 0 Å². The van der Waals surface area contributed by atoms with Gasteiger partial charge in [0.1, 0.15) is 5.52 Å². The molecule has 0 radical (unpaired) electrons. The molecule has 0 saturated heterocycles. The fourth-order valence-electron chi connectivity index (χ4n) is 1.36. The Kier molecular flexibility index (Phi) is 3.15. The number of nitrogen functional groups attached to an aromatic ring is 1. The van der Waals surface area contributed by atoms with Gasteiger partial charge in [-0.05, 0) is 19.9 Å². The van der Waals surface area contributed by atoms with Crippen LogP contribution in [0.5, 0.6) is 5.75 Å². The summed E-state index contributed by atoms with van der Waals surface area (Å²) in [4.78, 5) is 4.19. The van der Waals surface area contributed by atoms with Crippen LogP contribution in [-0.4, -0.2) is 11.1 Å². The van der Waals surface area contributed by atoms with E-state index in [-0.39, 0.29) is 6.10 Å². The molecule has 0 amide bonds. The summed E-state index contributed by atoms with van der Waals surface area (Å²) in [6.07, 6.45) is 0.0183. The molecule has 0 aliphatic heterocycles. The number of benzene rings is 1. The third kappa shape index (κ3) is 2.05. The second-order valence-corrected chi connectivity index (χ2v) is 5.41. The number of halogens is 2. The van der Waals surface area contributed by atoms with Crippen molar-refractivity contribution in [2.24, 2.45) is 0 Å². The highest BCUT2D eigenvalue weighted by molar-refractivity contribution is 7.22. The van der Waals surface area contributed by atoms with Gasteiger partial charge in [-0.1, -0.05) is 34.5 Å². The SMILES string of the molecule is CC(C)Oc1c(Cl)cc(Cl)c2sc(N)nc12. The molecule has 86 valence electrons. The minimum Gasteiger partial charge on any atom is -0.487 e. The molecule has 0 bridgehead atoms. The maximum Gasteiger partial charge on any atom is 0.181 e. The fraction of sp³-hybridized carbons (Fsp3) is 0.300. The van der Waals surface area contributed by atoms with Gasteiger partial charge in [0.25, 0.3) is 0 Å². The van der Waals surface area contributed by atoms with Crippen molar-refractivity contribution < 1.29 is 4.74 Å². The molecule has 1 heterocycles. The van der Waals surface area contributed by atoms with Gasteiger partial charge in [0.15, 0.2) is 10.9 Å². The summed E-state index contributed by atoms with van der Waals surface area (Å²) < 4.78 is 6.43. The fourth-order valence-corrected chi connectivity index (χ4v) is 2.71. The smallest absolute Gasteiger partial charge is 0.181 e. The summed E-state index contributed by atoms with van der Waals surface area (Å²) >= 11 is 13.5. The predicted octanol–water partition coefficient (Wildman–Crippen LogP) is 3.97. The number of nitrogens with zero attached hydrogens (tertiary/aromatic N) is 1. The van der Waals surface area contributed by atoms with Crippen LogP contribution in [0, 0.1) is 0 Å². The lowest BCUT2D eigenvalue weighted by molar-refractivity contribution is 0.245. The van der Waals surface area contributed by atoms with Crippen molar-refractivity contribution in [1.29, 1.82) is 0 Å². The van der Waals surface area contributed by atoms with Gasteiger partial charge in [-0.25, -0.2) is 4.98 Å². The number of hydrogen-bond acceptors (Lipinski definition) is 4. The van der Waals surface area contributed by atoms with Crippen LogP contribution in [0.3, 0.4) is 0 Å². The summed E-state index contributed by atoms with van der Waals surface area (Å²) in [6, 6.07) is 1.65. The van der Waals surface area contributed by atoms with Gasteiger partial charge in [0.05, 0.1) is 20.8 Å². The first-order valence-electron chi connectivity index (χ1n) is 4.69. The first-order chi connectivity index (χ1) is 7.49. The molecule has 1 aromatic carbocycles. The molecule has 0 atom stereocenters. The molecular formula is C10H10Cl2N2OS. The van der Waals surface area contributed by atoms with Crippen LogP contribution in [0.2, 0.25) is 10.0 Å². The Bertz CT molecular complexity index is 539. The average molecular weight is 277 g/mol. The summed E-state index contributed by atoms with van der Waals surface area (Å²) in [5.74, 6) is 0.545. The summed E-state index contributed by atoms with van der Waals surface area (Å²) in [6.45, 7) is 3.85. The highest BCUT2D eigenvalue weighted by atomic mass is 35.5. The molecule has 2 N–H and O–H groups in total. The summed E-state index contributed by atoms with van der Waals surface area (Å²) in [5, 5.41) is 1.45. The maximum atomic E-state index is 6.08. The Morgan fingerprint density at radius 1 is 1.38 bits per heavy atom. The number of ether oxygens (including phenoxy) is 1. The van der Waals surface area contributed by atoms with E-state index >= 15 is 0 Å². The molecular weight excluding hydrogens is 267 g/mol. The molecule has 16 heavy (non-hydrogen) atoms. The standard InChI is InChI=1S/C10H10Cl2N2OS/c1-4(2)15-8-5(11)3-6(12)9-7(8)14-10(13)16-9/h3-4H,1-2H3,(H2,13,14). The molecule has 6 heteroatoms. The molecule has 0 aliphatic carbocycles. The maximum absolute atomic E-state index is 6.08. The molecule has 0 aliphatic rings. The Morgan fingerprint density at radius 3 is 2.69 bits per heavy atom. The van der Waals surface area contributed by atoms with E-state index in [2.05, 4.69) is 4.98 Å². The van der Waals surface area contributed by atoms with Crippen molar-refractivity contribution in [3.05, 3.63) is 16.1 Å². The van der Waals surface area contributed by atoms with Crippen molar-refractivity contribution in [2.75, 3.05) is 5.73 Å². The largest absolute Gasteiger partial charge is 0.487 e. The van der Waals surface area contributed by atoms with Gasteiger partial charge in [0.2, 0.25) is 0 Å². The number of hydrogen-bond donors (Lipinski definition) is 1. The van der Waals surface area contributed by atoms with Crippen LogP contribution in [0.15, 0.2) is 6.07 Å². The van der Waals surface area contributed by atoms with Crippen LogP contribution in [0.25, 0.3) is 10.2 Å². The van der Waals surface area contributed by atoms with Gasteiger partial charge in [-0.15, -0.1) is 0 Å². The van der Waals surface area contributed by atoms with Crippen molar-refractivity contribution in [1.82, 2.24) is 4.98 Å². The Morgan fingerprint density at radius 2 is 2.06 bits per heavy atom. The van der Waals surface area contributed by atoms with E-state index in [9.17, 15) is 0 Å². The Balaban J connectivity index is 2.70. The van der Waals surface area contributed by atoms with Gasteiger partial charge in [0, 0.05) is 0 Å². The normalized spacial score (nSPS) is 11.3. The van der Waals surface area contributed by atoms with E-state index < -0.39 is 0 Å². The number of thiazole rings is 1. The summed E-state index contributed by atoms with van der Waals surface area (Å²) in [7, 11) is 0. The zero-order valence-electron chi connectivity index (χ0n) is 8.75. The van der Waals surface area contributed by atoms with Gasteiger partial charge < -0.3 is 10.5 Å². The first-order valence-corrected chi connectivity index (χ1v) is 6.27. The van der Waals surface area contributed by atoms with Crippen molar-refractivity contribution in [3.63, 3.8) is 0 Å². The zero-order chi connectivity index (χ0) is 11.9. The van der Waals surface area contributed by atoms with E-state index in [0.717, 1.165) is 4.70 Å². The third-order valence-electron chi connectivity index (χ3n) is 1.90. The van der Waals surface area contributed by atoms with Crippen LogP contribution in [0.4, 0.5) is 5.13 Å². The average Bonchev–Trinajstić information content (AvgIpc) is 2.54. The molecule has 0 fully saturated rings. The number of rotatable bonds is 2. The van der Waals surface area contributed by atoms with E-state index in [1.54, 1.807) is 6.07 Å². The topological polar surface area (TPSA) is 48.1 Å². The van der Waals surface area contributed by atoms with Crippen molar-refractivity contribution in [2.45, 2.75) is 20.0 Å². The van der Waals surface area contributed by atoms with E-state index in [1.807, 2.05) is 13.8 Å². The minimum absolute atomic E-state index is 0.0183. The molecule has 1 aromatic heterocycles. The van der Waals surface area contributed by atoms with E-state index in [1.165, 1.54) is 11.3 Å². The molecule has 0 spiro atoms. The molecule has 3 nitrogen and oxygen atoms in total. The first kappa shape index (κ1) is 11.8. The van der Waals surface area contributed by atoms with Crippen LogP contribution < -0.4 is 10.5 Å². The zero-order valence-corrected chi connectivity index (χ0v) is 11.1. The molecule has 2 rings (SSSR count). The van der Waals surface area contributed by atoms with E-state index in [4.69, 9.17) is 33.7 Å². The second kappa shape index (κ2) is 4.28. The molecule has 0 unspecified atom stereocenters. The number of aromatic nitrogens is 1. The quantitative estimate of drug-likeness (QED) is 0.903. The lowest BCUT2D eigenvalue weighted by atomic mass is 10.3. The second-order valence-electron chi connectivity index (χ2n) is 3.57. The lowest BCUT2D eigenvalue weighted by Gasteiger charge is -2.12. The van der Waals surface area contributed by atoms with Gasteiger partial charge in [-0.3, -0.25) is 0 Å². The van der Waals surface area contributed by atoms with Gasteiger partial charge >= 0.3 is 0 Å². The van der Waals surface area contributed by atoms with Crippen LogP contribution >= 0.6 is 34.5 Å². The Labute approximate surface area is 107 Å². The third-order valence-corrected chi connectivity index (χ3v) is 3.51. The minimum atomic E-state index is 0.0183. The Hall–Kier alpha value is -0.710. The summed E-state index contributed by atoms with van der Waals surface area (Å²) in [5.41, 5.74) is 6.29. The van der Waals surface area contributed by atoms with Crippen molar-refractivity contribution >= 4 is 49.9 Å². The highest BCUT2D eigenvalue weighted by Crippen LogP contribution is 2.41. The van der Waals surface area contributed by atoms with Crippen LogP contribution in [-0.2, 0) is 0 Å². The van der Waals surface area contributed by atoms with Crippen molar-refractivity contribution in [3.8, 4) is 5.75 Å². The molecule has 0 saturated carbocycles. The predicted molar refractivity (Wildman–Crippen MR) is 69.8 cm³/mol. The number of anilines is 1. The highest BCUT2D eigenvalue weighted by Gasteiger charge is 2.16. The lowest BCUT2D eigenvalue weighted by Crippen LogP contribution is -2.06. The number of nitrogens with two attached hydrogens (primary N) is 1. The van der Waals surface area contributed by atoms with Crippen LogP contribution in [0.1, 0.15) is 13.8 Å². The van der Waals surface area contributed by atoms with E-state index in [0.29, 0.717) is 26.4 Å². The monoisotopic (exact) mass is 276 g/mol. The molecule has 2 aromatic rings.